The maximum Gasteiger partial charge on any atom is 0.350 e. The van der Waals surface area contributed by atoms with Crippen LogP contribution in [0.3, 0.4) is 0 Å². The molecule has 0 spiro atoms. The Kier molecular flexibility index (Phi) is 6.99. The number of hydrogen-bond acceptors (Lipinski definition) is 8. The molecule has 2 N–H and O–H groups in total. The van der Waals surface area contributed by atoms with Crippen molar-refractivity contribution in [2.45, 2.75) is 12.8 Å². The highest BCUT2D eigenvalue weighted by molar-refractivity contribution is 5.62. The summed E-state index contributed by atoms with van der Waals surface area (Å²) in [5.74, 6) is -0.0487. The number of hydrogen-bond donors (Lipinski definition) is 2. The van der Waals surface area contributed by atoms with Crippen LogP contribution < -0.4 is 9.47 Å². The van der Waals surface area contributed by atoms with Crippen LogP contribution in [0.15, 0.2) is 12.1 Å². The van der Waals surface area contributed by atoms with E-state index in [9.17, 15) is 20.2 Å². The van der Waals surface area contributed by atoms with E-state index in [-0.39, 0.29) is 37.9 Å². The van der Waals surface area contributed by atoms with Crippen LogP contribution in [0.4, 0.5) is 11.4 Å². The van der Waals surface area contributed by atoms with Gasteiger partial charge in [0.25, 0.3) is 0 Å². The fraction of sp³-hybridized carbons (Fsp3) is 0.500. The third kappa shape index (κ3) is 4.82. The highest BCUT2D eigenvalue weighted by atomic mass is 16.6. The van der Waals surface area contributed by atoms with Crippen molar-refractivity contribution in [2.24, 2.45) is 0 Å². The Labute approximate surface area is 125 Å². The molecule has 0 heterocycles. The van der Waals surface area contributed by atoms with Crippen molar-refractivity contribution in [2.75, 3.05) is 26.4 Å². The van der Waals surface area contributed by atoms with Crippen LogP contribution in [0.5, 0.6) is 11.5 Å². The molecule has 0 fully saturated rings. The molecular formula is C12H16N2O8. The molecule has 0 bridgehead atoms. The Balaban J connectivity index is 3.14. The SMILES string of the molecule is O=[N+]([O-])c1cc(OCCCO)c(OCCCO)cc1[N+](=O)[O-]. The number of nitrogens with zero attached hydrogens (tertiary/aromatic N) is 2. The van der Waals surface area contributed by atoms with E-state index in [4.69, 9.17) is 19.7 Å². The number of aliphatic hydroxyl groups excluding tert-OH is 2. The molecule has 22 heavy (non-hydrogen) atoms. The van der Waals surface area contributed by atoms with Crippen molar-refractivity contribution in [1.29, 1.82) is 0 Å². The lowest BCUT2D eigenvalue weighted by Crippen LogP contribution is -2.06. The van der Waals surface area contributed by atoms with Crippen LogP contribution in [-0.4, -0.2) is 46.5 Å². The van der Waals surface area contributed by atoms with Gasteiger partial charge in [-0.05, 0) is 0 Å². The molecule has 0 aromatic heterocycles. The van der Waals surface area contributed by atoms with Gasteiger partial charge in [0.15, 0.2) is 11.5 Å². The Bertz CT molecular complexity index is 487. The monoisotopic (exact) mass is 316 g/mol. The summed E-state index contributed by atoms with van der Waals surface area (Å²) in [6, 6.07) is 1.84. The molecule has 0 aliphatic carbocycles. The molecule has 1 aromatic rings. The minimum Gasteiger partial charge on any atom is -0.489 e. The first-order chi connectivity index (χ1) is 10.5. The number of ether oxygens (including phenoxy) is 2. The van der Waals surface area contributed by atoms with Gasteiger partial charge < -0.3 is 19.7 Å². The lowest BCUT2D eigenvalue weighted by Gasteiger charge is -2.12. The lowest BCUT2D eigenvalue weighted by molar-refractivity contribution is -0.422. The second-order valence-corrected chi connectivity index (χ2v) is 4.15. The van der Waals surface area contributed by atoms with E-state index < -0.39 is 21.2 Å². The summed E-state index contributed by atoms with van der Waals surface area (Å²) in [4.78, 5) is 20.1. The van der Waals surface area contributed by atoms with E-state index >= 15 is 0 Å². The van der Waals surface area contributed by atoms with Crippen molar-refractivity contribution in [1.82, 2.24) is 0 Å². The van der Waals surface area contributed by atoms with Crippen molar-refractivity contribution in [3.05, 3.63) is 32.4 Å². The van der Waals surface area contributed by atoms with Crippen LogP contribution in [0.25, 0.3) is 0 Å². The summed E-state index contributed by atoms with van der Waals surface area (Å²) < 4.78 is 10.5. The smallest absolute Gasteiger partial charge is 0.350 e. The van der Waals surface area contributed by atoms with Gasteiger partial charge >= 0.3 is 11.4 Å². The zero-order chi connectivity index (χ0) is 16.5. The highest BCUT2D eigenvalue weighted by Gasteiger charge is 2.28. The summed E-state index contributed by atoms with van der Waals surface area (Å²) >= 11 is 0. The molecule has 10 nitrogen and oxygen atoms in total. The number of aliphatic hydroxyl groups is 2. The maximum absolute atomic E-state index is 10.9. The Morgan fingerprint density at radius 3 is 1.50 bits per heavy atom. The molecule has 0 unspecified atom stereocenters. The van der Waals surface area contributed by atoms with E-state index in [1.54, 1.807) is 0 Å². The van der Waals surface area contributed by atoms with Crippen LogP contribution in [0.2, 0.25) is 0 Å². The molecule has 0 radical (unpaired) electrons. The molecule has 0 aliphatic heterocycles. The van der Waals surface area contributed by atoms with E-state index in [2.05, 4.69) is 0 Å². The quantitative estimate of drug-likeness (QED) is 0.369. The molecule has 0 atom stereocenters. The van der Waals surface area contributed by atoms with Crippen molar-refractivity contribution in [3.8, 4) is 11.5 Å². The average Bonchev–Trinajstić information content (AvgIpc) is 2.48. The second kappa shape index (κ2) is 8.74. The molecule has 10 heteroatoms. The standard InChI is InChI=1S/C12H16N2O8/c15-3-1-5-21-11-7-9(13(17)18)10(14(19)20)8-12(11)22-6-2-4-16/h7-8,15-16H,1-6H2. The minimum atomic E-state index is -0.880. The first kappa shape index (κ1) is 17.6. The van der Waals surface area contributed by atoms with Crippen molar-refractivity contribution >= 4 is 11.4 Å². The number of nitro benzene ring substituents is 2. The minimum absolute atomic E-state index is 0.0244. The van der Waals surface area contributed by atoms with Gasteiger partial charge in [0.1, 0.15) is 0 Å². The van der Waals surface area contributed by atoms with E-state index in [0.717, 1.165) is 12.1 Å². The molecule has 122 valence electrons. The number of benzene rings is 1. The number of nitro groups is 2. The summed E-state index contributed by atoms with van der Waals surface area (Å²) in [6.07, 6.45) is 0.585. The largest absolute Gasteiger partial charge is 0.489 e. The molecule has 0 amide bonds. The normalized spacial score (nSPS) is 10.3. The van der Waals surface area contributed by atoms with Crippen LogP contribution >= 0.6 is 0 Å². The van der Waals surface area contributed by atoms with Crippen LogP contribution in [0.1, 0.15) is 12.8 Å². The van der Waals surface area contributed by atoms with Gasteiger partial charge in [-0.15, -0.1) is 0 Å². The van der Waals surface area contributed by atoms with Gasteiger partial charge in [-0.25, -0.2) is 0 Å². The first-order valence-electron chi connectivity index (χ1n) is 6.45. The summed E-state index contributed by atoms with van der Waals surface area (Å²) in [5, 5.41) is 39.2. The van der Waals surface area contributed by atoms with Gasteiger partial charge in [-0.3, -0.25) is 20.2 Å². The molecular weight excluding hydrogens is 300 g/mol. The third-order valence-electron chi connectivity index (χ3n) is 2.55. The Morgan fingerprint density at radius 1 is 0.864 bits per heavy atom. The maximum atomic E-state index is 10.9. The highest BCUT2D eigenvalue weighted by Crippen LogP contribution is 2.39. The van der Waals surface area contributed by atoms with Crippen molar-refractivity contribution < 1.29 is 29.5 Å². The topological polar surface area (TPSA) is 145 Å². The molecule has 0 aliphatic rings. The van der Waals surface area contributed by atoms with E-state index in [1.165, 1.54) is 0 Å². The predicted molar refractivity (Wildman–Crippen MR) is 74.1 cm³/mol. The fourth-order valence-electron chi connectivity index (χ4n) is 1.55. The zero-order valence-electron chi connectivity index (χ0n) is 11.6. The lowest BCUT2D eigenvalue weighted by atomic mass is 10.2. The molecule has 1 rings (SSSR count). The number of rotatable bonds is 10. The van der Waals surface area contributed by atoms with Gasteiger partial charge in [0, 0.05) is 26.1 Å². The van der Waals surface area contributed by atoms with Gasteiger partial charge in [-0.1, -0.05) is 0 Å². The molecule has 1 aromatic carbocycles. The summed E-state index contributed by atoms with van der Waals surface area (Å²) in [7, 11) is 0. The fourth-order valence-corrected chi connectivity index (χ4v) is 1.55. The van der Waals surface area contributed by atoms with Crippen LogP contribution in [-0.2, 0) is 0 Å². The zero-order valence-corrected chi connectivity index (χ0v) is 11.6. The molecule has 0 saturated heterocycles. The van der Waals surface area contributed by atoms with Crippen molar-refractivity contribution in [3.63, 3.8) is 0 Å². The van der Waals surface area contributed by atoms with Gasteiger partial charge in [0.05, 0.1) is 35.2 Å². The summed E-state index contributed by atoms with van der Waals surface area (Å²) in [6.45, 7) is -0.116. The first-order valence-corrected chi connectivity index (χ1v) is 6.45. The Morgan fingerprint density at radius 2 is 1.23 bits per heavy atom. The molecule has 0 saturated carbocycles. The second-order valence-electron chi connectivity index (χ2n) is 4.15. The summed E-state index contributed by atoms with van der Waals surface area (Å²) in [5.41, 5.74) is -1.42. The Hall–Kier alpha value is -2.46. The van der Waals surface area contributed by atoms with E-state index in [0.29, 0.717) is 12.8 Å². The predicted octanol–water partition coefficient (Wildman–Crippen LogP) is 1.03. The third-order valence-corrected chi connectivity index (χ3v) is 2.55. The van der Waals surface area contributed by atoms with E-state index in [1.807, 2.05) is 0 Å². The average molecular weight is 316 g/mol. The van der Waals surface area contributed by atoms with Gasteiger partial charge in [-0.2, -0.15) is 0 Å². The van der Waals surface area contributed by atoms with Crippen LogP contribution in [0, 0.1) is 20.2 Å². The van der Waals surface area contributed by atoms with Gasteiger partial charge in [0.2, 0.25) is 0 Å².